The second kappa shape index (κ2) is 8.31. The minimum Gasteiger partial charge on any atom is -0.496 e. The minimum absolute atomic E-state index is 0.246. The van der Waals surface area contributed by atoms with Crippen molar-refractivity contribution in [3.8, 4) is 5.75 Å². The fraction of sp³-hybridized carbons (Fsp3) is 0.190. The second-order valence-corrected chi connectivity index (χ2v) is 8.26. The van der Waals surface area contributed by atoms with Crippen LogP contribution in [0.15, 0.2) is 66.7 Å². The monoisotopic (exact) mass is 398 g/mol. The molecule has 146 valence electrons. The molecule has 7 heteroatoms. The fourth-order valence-corrected chi connectivity index (χ4v) is 3.90. The standard InChI is InChI=1S/C21H22N2O4S/c1-27-20-13-6-4-9-17(20)14-22-21(24)15-23(28(2,25)26)19-12-7-10-16-8-3-5-11-18(16)19/h3-13H,14-15H2,1-2H3,(H,22,24). The number of para-hydroxylation sites is 1. The van der Waals surface area contributed by atoms with Gasteiger partial charge in [-0.15, -0.1) is 0 Å². The van der Waals surface area contributed by atoms with E-state index in [9.17, 15) is 13.2 Å². The lowest BCUT2D eigenvalue weighted by molar-refractivity contribution is -0.119. The van der Waals surface area contributed by atoms with Crippen LogP contribution < -0.4 is 14.4 Å². The largest absolute Gasteiger partial charge is 0.496 e. The normalized spacial score (nSPS) is 11.2. The zero-order valence-electron chi connectivity index (χ0n) is 15.8. The summed E-state index contributed by atoms with van der Waals surface area (Å²) in [5.41, 5.74) is 1.29. The third kappa shape index (κ3) is 4.43. The van der Waals surface area contributed by atoms with E-state index in [1.54, 1.807) is 25.3 Å². The van der Waals surface area contributed by atoms with Crippen LogP contribution in [0.5, 0.6) is 5.75 Å². The van der Waals surface area contributed by atoms with Crippen LogP contribution in [0, 0.1) is 0 Å². The molecular formula is C21H22N2O4S. The number of hydrogen-bond acceptors (Lipinski definition) is 4. The van der Waals surface area contributed by atoms with Gasteiger partial charge in [0.05, 0.1) is 19.1 Å². The average Bonchev–Trinajstić information content (AvgIpc) is 2.69. The number of nitrogens with zero attached hydrogens (tertiary/aromatic N) is 1. The Labute approximate surface area is 164 Å². The van der Waals surface area contributed by atoms with Crippen molar-refractivity contribution in [1.29, 1.82) is 0 Å². The van der Waals surface area contributed by atoms with Gasteiger partial charge in [-0.1, -0.05) is 54.6 Å². The number of nitrogens with one attached hydrogen (secondary N) is 1. The lowest BCUT2D eigenvalue weighted by Crippen LogP contribution is -2.40. The van der Waals surface area contributed by atoms with Crippen molar-refractivity contribution in [3.63, 3.8) is 0 Å². The molecule has 1 N–H and O–H groups in total. The first kappa shape index (κ1) is 19.7. The molecule has 1 amide bonds. The predicted octanol–water partition coefficient (Wildman–Crippen LogP) is 2.93. The lowest BCUT2D eigenvalue weighted by Gasteiger charge is -2.23. The molecule has 0 fully saturated rings. The van der Waals surface area contributed by atoms with Gasteiger partial charge in [-0.2, -0.15) is 0 Å². The fourth-order valence-electron chi connectivity index (χ4n) is 3.04. The summed E-state index contributed by atoms with van der Waals surface area (Å²) in [7, 11) is -2.09. The second-order valence-electron chi connectivity index (χ2n) is 6.36. The summed E-state index contributed by atoms with van der Waals surface area (Å²) in [4.78, 5) is 12.5. The zero-order valence-corrected chi connectivity index (χ0v) is 16.6. The molecule has 0 bridgehead atoms. The van der Waals surface area contributed by atoms with Crippen LogP contribution in [-0.4, -0.2) is 34.2 Å². The van der Waals surface area contributed by atoms with Crippen LogP contribution in [-0.2, 0) is 21.4 Å². The predicted molar refractivity (Wildman–Crippen MR) is 111 cm³/mol. The maximum atomic E-state index is 12.5. The van der Waals surface area contributed by atoms with Gasteiger partial charge in [0.15, 0.2) is 0 Å². The van der Waals surface area contributed by atoms with Crippen LogP contribution in [0.3, 0.4) is 0 Å². The minimum atomic E-state index is -3.65. The van der Waals surface area contributed by atoms with Gasteiger partial charge in [0.2, 0.25) is 15.9 Å². The molecule has 0 saturated carbocycles. The quantitative estimate of drug-likeness (QED) is 0.664. The maximum absolute atomic E-state index is 12.5. The Balaban J connectivity index is 1.83. The first-order chi connectivity index (χ1) is 13.4. The average molecular weight is 398 g/mol. The van der Waals surface area contributed by atoms with E-state index in [0.29, 0.717) is 11.4 Å². The molecule has 0 aromatic heterocycles. The van der Waals surface area contributed by atoms with Crippen molar-refractivity contribution in [1.82, 2.24) is 5.32 Å². The summed E-state index contributed by atoms with van der Waals surface area (Å²) in [6, 6.07) is 20.2. The van der Waals surface area contributed by atoms with Gasteiger partial charge in [-0.25, -0.2) is 8.42 Å². The van der Waals surface area contributed by atoms with E-state index in [0.717, 1.165) is 26.9 Å². The third-order valence-corrected chi connectivity index (χ3v) is 5.52. The number of sulfonamides is 1. The highest BCUT2D eigenvalue weighted by molar-refractivity contribution is 7.92. The molecule has 6 nitrogen and oxygen atoms in total. The number of carbonyl (C=O) groups is 1. The number of anilines is 1. The number of methoxy groups -OCH3 is 1. The van der Waals surface area contributed by atoms with Crippen molar-refractivity contribution in [2.45, 2.75) is 6.54 Å². The maximum Gasteiger partial charge on any atom is 0.241 e. The highest BCUT2D eigenvalue weighted by Gasteiger charge is 2.22. The van der Waals surface area contributed by atoms with Crippen molar-refractivity contribution < 1.29 is 17.9 Å². The van der Waals surface area contributed by atoms with Crippen molar-refractivity contribution in [3.05, 3.63) is 72.3 Å². The third-order valence-electron chi connectivity index (χ3n) is 4.39. The molecule has 3 aromatic rings. The Morgan fingerprint density at radius 2 is 1.68 bits per heavy atom. The number of hydrogen-bond donors (Lipinski definition) is 1. The molecule has 0 atom stereocenters. The molecule has 0 spiro atoms. The summed E-state index contributed by atoms with van der Waals surface area (Å²) in [5, 5.41) is 4.45. The molecule has 0 saturated heterocycles. The van der Waals surface area contributed by atoms with Gasteiger partial charge < -0.3 is 10.1 Å². The molecule has 28 heavy (non-hydrogen) atoms. The molecule has 0 unspecified atom stereocenters. The molecule has 0 aliphatic rings. The van der Waals surface area contributed by atoms with E-state index in [1.807, 2.05) is 48.5 Å². The Morgan fingerprint density at radius 3 is 2.43 bits per heavy atom. The van der Waals surface area contributed by atoms with E-state index < -0.39 is 15.9 Å². The van der Waals surface area contributed by atoms with Gasteiger partial charge in [0, 0.05) is 17.5 Å². The van der Waals surface area contributed by atoms with E-state index in [1.165, 1.54) is 0 Å². The number of fused-ring (bicyclic) bond motifs is 1. The zero-order chi connectivity index (χ0) is 20.1. The van der Waals surface area contributed by atoms with Crippen LogP contribution in [0.4, 0.5) is 5.69 Å². The first-order valence-corrected chi connectivity index (χ1v) is 10.6. The van der Waals surface area contributed by atoms with Gasteiger partial charge >= 0.3 is 0 Å². The number of rotatable bonds is 7. The van der Waals surface area contributed by atoms with E-state index in [-0.39, 0.29) is 13.1 Å². The highest BCUT2D eigenvalue weighted by Crippen LogP contribution is 2.28. The number of benzene rings is 3. The number of carbonyl (C=O) groups excluding carboxylic acids is 1. The van der Waals surface area contributed by atoms with Crippen LogP contribution in [0.25, 0.3) is 10.8 Å². The topological polar surface area (TPSA) is 75.7 Å². The summed E-state index contributed by atoms with van der Waals surface area (Å²) < 4.78 is 31.2. The van der Waals surface area contributed by atoms with Gasteiger partial charge in [0.25, 0.3) is 0 Å². The van der Waals surface area contributed by atoms with E-state index in [4.69, 9.17) is 4.74 Å². The van der Waals surface area contributed by atoms with Gasteiger partial charge in [-0.3, -0.25) is 9.10 Å². The van der Waals surface area contributed by atoms with Crippen LogP contribution in [0.2, 0.25) is 0 Å². The summed E-state index contributed by atoms with van der Waals surface area (Å²) in [5.74, 6) is 0.265. The lowest BCUT2D eigenvalue weighted by atomic mass is 10.1. The van der Waals surface area contributed by atoms with Crippen LogP contribution >= 0.6 is 0 Å². The van der Waals surface area contributed by atoms with E-state index >= 15 is 0 Å². The Morgan fingerprint density at radius 1 is 1.00 bits per heavy atom. The summed E-state index contributed by atoms with van der Waals surface area (Å²) >= 11 is 0. The highest BCUT2D eigenvalue weighted by atomic mass is 32.2. The van der Waals surface area contributed by atoms with Crippen molar-refractivity contribution in [2.24, 2.45) is 0 Å². The van der Waals surface area contributed by atoms with Gasteiger partial charge in [0.1, 0.15) is 12.3 Å². The van der Waals surface area contributed by atoms with Crippen molar-refractivity contribution in [2.75, 3.05) is 24.2 Å². The molecule has 0 aliphatic heterocycles. The summed E-state index contributed by atoms with van der Waals surface area (Å²) in [6.45, 7) is -0.0576. The summed E-state index contributed by atoms with van der Waals surface area (Å²) in [6.07, 6.45) is 1.10. The number of amides is 1. The van der Waals surface area contributed by atoms with E-state index in [2.05, 4.69) is 5.32 Å². The molecular weight excluding hydrogens is 376 g/mol. The molecule has 0 aliphatic carbocycles. The van der Waals surface area contributed by atoms with Crippen molar-refractivity contribution >= 4 is 32.4 Å². The molecule has 3 aromatic carbocycles. The van der Waals surface area contributed by atoms with Crippen LogP contribution in [0.1, 0.15) is 5.56 Å². The number of ether oxygens (including phenoxy) is 1. The van der Waals surface area contributed by atoms with Gasteiger partial charge in [-0.05, 0) is 17.5 Å². The Kier molecular flexibility index (Phi) is 5.84. The Hall–Kier alpha value is -3.06. The molecule has 0 heterocycles. The Bertz CT molecular complexity index is 1090. The molecule has 0 radical (unpaired) electrons. The molecule has 3 rings (SSSR count). The smallest absolute Gasteiger partial charge is 0.241 e. The first-order valence-electron chi connectivity index (χ1n) is 8.74. The SMILES string of the molecule is COc1ccccc1CNC(=O)CN(c1cccc2ccccc12)S(C)(=O)=O.